The first-order valence-electron chi connectivity index (χ1n) is 17.8. The first-order chi connectivity index (χ1) is 23.8. The highest BCUT2D eigenvalue weighted by Gasteiger charge is 2.40. The molecule has 3 N–H and O–H groups in total. The van der Waals surface area contributed by atoms with Crippen LogP contribution in [0.3, 0.4) is 0 Å². The Bertz CT molecular complexity index is 1480. The normalized spacial score (nSPS) is 22.6. The number of hydrogen-bond acceptors (Lipinski definition) is 7. The van der Waals surface area contributed by atoms with Crippen molar-refractivity contribution in [2.75, 3.05) is 33.4 Å². The van der Waals surface area contributed by atoms with Gasteiger partial charge in [0.2, 0.25) is 11.8 Å². The predicted molar refractivity (Wildman–Crippen MR) is 190 cm³/mol. The summed E-state index contributed by atoms with van der Waals surface area (Å²) >= 11 is 0. The summed E-state index contributed by atoms with van der Waals surface area (Å²) in [7, 11) is 1.77. The van der Waals surface area contributed by atoms with Gasteiger partial charge in [-0.2, -0.15) is 0 Å². The van der Waals surface area contributed by atoms with Gasteiger partial charge in [0.15, 0.2) is 6.29 Å². The first kappa shape index (κ1) is 36.7. The van der Waals surface area contributed by atoms with Crippen LogP contribution >= 0.6 is 0 Å². The number of hydrogen-bond donors (Lipinski definition) is 3. The molecular formula is C40H53N3O6. The Labute approximate surface area is 291 Å². The summed E-state index contributed by atoms with van der Waals surface area (Å²) in [4.78, 5) is 25.9. The van der Waals surface area contributed by atoms with Crippen LogP contribution in [0.2, 0.25) is 0 Å². The van der Waals surface area contributed by atoms with E-state index < -0.39 is 6.29 Å². The van der Waals surface area contributed by atoms with Crippen LogP contribution in [0.5, 0.6) is 0 Å². The van der Waals surface area contributed by atoms with Crippen molar-refractivity contribution in [1.29, 1.82) is 0 Å². The van der Waals surface area contributed by atoms with E-state index in [1.807, 2.05) is 24.3 Å². The van der Waals surface area contributed by atoms with E-state index in [1.165, 1.54) is 6.92 Å². The summed E-state index contributed by atoms with van der Waals surface area (Å²) in [6.07, 6.45) is 4.65. The third-order valence-electron chi connectivity index (χ3n) is 9.78. The van der Waals surface area contributed by atoms with Crippen molar-refractivity contribution in [2.24, 2.45) is 5.92 Å². The number of ether oxygens (including phenoxy) is 3. The molecule has 0 radical (unpaired) electrons. The van der Waals surface area contributed by atoms with Crippen molar-refractivity contribution >= 4 is 11.8 Å². The molecule has 0 saturated carbocycles. The molecule has 264 valence electrons. The SMILES string of the molecule is COC[C@@H]1CCCN1C[C@@H]1O[C@H](c2ccc(-c3cccc(CNC(=O)CCCCCNC(C)=O)c3)cc2)O[C@H](c2ccc(CO)cc2)[C@@H]1C. The maximum Gasteiger partial charge on any atom is 0.220 e. The van der Waals surface area contributed by atoms with Crippen LogP contribution in [0.15, 0.2) is 72.8 Å². The number of unbranched alkanes of at least 4 members (excludes halogenated alkanes) is 2. The van der Waals surface area contributed by atoms with Crippen LogP contribution in [0.25, 0.3) is 11.1 Å². The zero-order chi connectivity index (χ0) is 34.6. The fourth-order valence-electron chi connectivity index (χ4n) is 6.91. The molecular weight excluding hydrogens is 618 g/mol. The lowest BCUT2D eigenvalue weighted by molar-refractivity contribution is -0.276. The van der Waals surface area contributed by atoms with Crippen molar-refractivity contribution in [3.05, 3.63) is 95.1 Å². The highest BCUT2D eigenvalue weighted by molar-refractivity contribution is 5.76. The van der Waals surface area contributed by atoms with Gasteiger partial charge in [0.25, 0.3) is 0 Å². The fourth-order valence-corrected chi connectivity index (χ4v) is 6.91. The fraction of sp³-hybridized carbons (Fsp3) is 0.500. The minimum atomic E-state index is -0.520. The molecule has 2 fully saturated rings. The summed E-state index contributed by atoms with van der Waals surface area (Å²) in [5, 5.41) is 15.4. The summed E-state index contributed by atoms with van der Waals surface area (Å²) in [5.74, 6) is 0.140. The molecule has 2 aliphatic heterocycles. The minimum Gasteiger partial charge on any atom is -0.392 e. The molecule has 0 unspecified atom stereocenters. The Kier molecular flexibility index (Phi) is 13.8. The van der Waals surface area contributed by atoms with Gasteiger partial charge in [-0.15, -0.1) is 0 Å². The van der Waals surface area contributed by atoms with Gasteiger partial charge >= 0.3 is 0 Å². The van der Waals surface area contributed by atoms with Crippen molar-refractivity contribution in [2.45, 2.75) is 90.1 Å². The minimum absolute atomic E-state index is 0.0124. The quantitative estimate of drug-likeness (QED) is 0.159. The second kappa shape index (κ2) is 18.4. The Morgan fingerprint density at radius 3 is 2.43 bits per heavy atom. The van der Waals surface area contributed by atoms with E-state index in [9.17, 15) is 14.7 Å². The van der Waals surface area contributed by atoms with Crippen LogP contribution in [-0.4, -0.2) is 67.3 Å². The molecule has 9 nitrogen and oxygen atoms in total. The molecule has 3 aromatic rings. The number of benzene rings is 3. The van der Waals surface area contributed by atoms with E-state index in [1.54, 1.807) is 7.11 Å². The standard InChI is InChI=1S/C40H53N3O6/c1-28-37(25-43-22-8-11-36(43)27-47-3)48-40(49-39(28)33-15-13-30(26-44)14-16-33)34-19-17-32(18-20-34)35-10-7-9-31(23-35)24-42-38(46)12-5-4-6-21-41-29(2)45/h7,9-10,13-20,23,28,36-37,39-40,44H,4-6,8,11-12,21-22,24-27H2,1-3H3,(H,41,45)(H,42,46)/t28-,36+,37+,39+,40+/m1/s1. The van der Waals surface area contributed by atoms with Crippen LogP contribution in [0.4, 0.5) is 0 Å². The van der Waals surface area contributed by atoms with E-state index in [2.05, 4.69) is 71.0 Å². The van der Waals surface area contributed by atoms with Gasteiger partial charge in [-0.25, -0.2) is 0 Å². The molecule has 5 atom stereocenters. The van der Waals surface area contributed by atoms with Crippen molar-refractivity contribution in [1.82, 2.24) is 15.5 Å². The van der Waals surface area contributed by atoms with Crippen molar-refractivity contribution < 1.29 is 28.9 Å². The van der Waals surface area contributed by atoms with Gasteiger partial charge in [-0.05, 0) is 66.1 Å². The smallest absolute Gasteiger partial charge is 0.220 e. The number of aliphatic hydroxyl groups excluding tert-OH is 1. The van der Waals surface area contributed by atoms with E-state index >= 15 is 0 Å². The lowest BCUT2D eigenvalue weighted by Gasteiger charge is -2.43. The summed E-state index contributed by atoms with van der Waals surface area (Å²) < 4.78 is 19.0. The number of nitrogens with one attached hydrogen (secondary N) is 2. The highest BCUT2D eigenvalue weighted by Crippen LogP contribution is 2.42. The second-order valence-corrected chi connectivity index (χ2v) is 13.5. The number of likely N-dealkylation sites (tertiary alicyclic amines) is 1. The average molecular weight is 672 g/mol. The van der Waals surface area contributed by atoms with Gasteiger partial charge in [0.05, 0.1) is 25.4 Å². The van der Waals surface area contributed by atoms with E-state index in [0.29, 0.717) is 25.6 Å². The summed E-state index contributed by atoms with van der Waals surface area (Å²) in [6.45, 7) is 7.45. The Balaban J connectivity index is 1.23. The number of carbonyl (C=O) groups excluding carboxylic acids is 2. The number of methoxy groups -OCH3 is 1. The molecule has 2 amide bonds. The zero-order valence-electron chi connectivity index (χ0n) is 29.2. The van der Waals surface area contributed by atoms with E-state index in [0.717, 1.165) is 85.2 Å². The molecule has 2 aliphatic rings. The van der Waals surface area contributed by atoms with E-state index in [4.69, 9.17) is 14.2 Å². The molecule has 2 saturated heterocycles. The van der Waals surface area contributed by atoms with Crippen LogP contribution in [0, 0.1) is 5.92 Å². The van der Waals surface area contributed by atoms with Crippen molar-refractivity contribution in [3.63, 3.8) is 0 Å². The van der Waals surface area contributed by atoms with Gasteiger partial charge < -0.3 is 30.0 Å². The van der Waals surface area contributed by atoms with Gasteiger partial charge in [-0.1, -0.05) is 80.1 Å². The molecule has 2 heterocycles. The van der Waals surface area contributed by atoms with Crippen molar-refractivity contribution in [3.8, 4) is 11.1 Å². The molecule has 0 aromatic heterocycles. The first-order valence-corrected chi connectivity index (χ1v) is 17.8. The highest BCUT2D eigenvalue weighted by atomic mass is 16.7. The maximum absolute atomic E-state index is 12.4. The number of aliphatic hydroxyl groups is 1. The molecule has 9 heteroatoms. The Morgan fingerprint density at radius 1 is 0.918 bits per heavy atom. The Morgan fingerprint density at radius 2 is 1.69 bits per heavy atom. The molecule has 0 bridgehead atoms. The summed E-state index contributed by atoms with van der Waals surface area (Å²) in [5.41, 5.74) is 6.12. The molecule has 0 aliphatic carbocycles. The molecule has 3 aromatic carbocycles. The zero-order valence-corrected chi connectivity index (χ0v) is 29.2. The number of amides is 2. The van der Waals surface area contributed by atoms with Crippen LogP contribution in [0.1, 0.15) is 87.0 Å². The predicted octanol–water partition coefficient (Wildman–Crippen LogP) is 6.06. The summed E-state index contributed by atoms with van der Waals surface area (Å²) in [6, 6.07) is 25.1. The molecule has 5 rings (SSSR count). The van der Waals surface area contributed by atoms with Crippen LogP contribution < -0.4 is 10.6 Å². The lowest BCUT2D eigenvalue weighted by atomic mass is 9.89. The van der Waals surface area contributed by atoms with Gasteiger partial charge in [0.1, 0.15) is 0 Å². The number of nitrogens with zero attached hydrogens (tertiary/aromatic N) is 1. The van der Waals surface area contributed by atoms with Gasteiger partial charge in [0, 0.05) is 57.6 Å². The largest absolute Gasteiger partial charge is 0.392 e. The molecule has 0 spiro atoms. The maximum atomic E-state index is 12.4. The van der Waals surface area contributed by atoms with Gasteiger partial charge in [-0.3, -0.25) is 14.5 Å². The third kappa shape index (κ3) is 10.4. The monoisotopic (exact) mass is 671 g/mol. The second-order valence-electron chi connectivity index (χ2n) is 13.5. The Hall–Kier alpha value is -3.60. The topological polar surface area (TPSA) is 109 Å². The van der Waals surface area contributed by atoms with E-state index in [-0.39, 0.29) is 36.5 Å². The molecule has 49 heavy (non-hydrogen) atoms. The lowest BCUT2D eigenvalue weighted by Crippen LogP contribution is -2.46. The average Bonchev–Trinajstić information content (AvgIpc) is 3.56. The van der Waals surface area contributed by atoms with Crippen LogP contribution in [-0.2, 0) is 37.0 Å². The third-order valence-corrected chi connectivity index (χ3v) is 9.78. The number of carbonyl (C=O) groups is 2. The number of rotatable bonds is 16.